The van der Waals surface area contributed by atoms with Gasteiger partial charge in [-0.05, 0) is 63.3 Å². The Morgan fingerprint density at radius 3 is 2.29 bits per heavy atom. The van der Waals surface area contributed by atoms with Crippen molar-refractivity contribution in [2.24, 2.45) is 0 Å². The first-order valence-electron chi connectivity index (χ1n) is 11.1. The molecule has 0 aliphatic rings. The van der Waals surface area contributed by atoms with Gasteiger partial charge in [-0.2, -0.15) is 0 Å². The molecule has 3 rings (SSSR count). The van der Waals surface area contributed by atoms with Gasteiger partial charge < -0.3 is 9.64 Å². The topological polar surface area (TPSA) is 79.8 Å². The van der Waals surface area contributed by atoms with Gasteiger partial charge in [-0.15, -0.1) is 0 Å². The molecule has 0 fully saturated rings. The number of aromatic nitrogens is 1. The molecule has 2 aromatic carbocycles. The summed E-state index contributed by atoms with van der Waals surface area (Å²) in [5.41, 5.74) is 0.994. The number of nitrogens with zero attached hydrogens (tertiary/aromatic N) is 3. The van der Waals surface area contributed by atoms with E-state index in [0.29, 0.717) is 40.1 Å². The number of anilines is 1. The van der Waals surface area contributed by atoms with Gasteiger partial charge >= 0.3 is 0 Å². The summed E-state index contributed by atoms with van der Waals surface area (Å²) in [6.45, 7) is 10.2. The van der Waals surface area contributed by atoms with Gasteiger partial charge in [-0.1, -0.05) is 36.8 Å². The van der Waals surface area contributed by atoms with Crippen LogP contribution in [0.15, 0.2) is 41.3 Å². The van der Waals surface area contributed by atoms with E-state index in [1.807, 2.05) is 0 Å². The van der Waals surface area contributed by atoms with Gasteiger partial charge in [0.15, 0.2) is 15.0 Å². The first kappa shape index (κ1) is 26.4. The molecule has 0 spiro atoms. The molecule has 0 aliphatic heterocycles. The molecule has 0 saturated heterocycles. The normalized spacial score (nSPS) is 12.0. The smallest absolute Gasteiger partial charge is 0.260 e. The summed E-state index contributed by atoms with van der Waals surface area (Å²) in [6.07, 6.45) is 0. The minimum atomic E-state index is -3.42. The molecule has 0 atom stereocenters. The van der Waals surface area contributed by atoms with E-state index in [1.54, 1.807) is 50.1 Å². The van der Waals surface area contributed by atoms with Gasteiger partial charge in [0.05, 0.1) is 27.0 Å². The average Bonchev–Trinajstić information content (AvgIpc) is 3.28. The van der Waals surface area contributed by atoms with Crippen LogP contribution in [0, 0.1) is 0 Å². The van der Waals surface area contributed by atoms with Crippen LogP contribution in [0.5, 0.6) is 5.75 Å². The van der Waals surface area contributed by atoms with Crippen LogP contribution in [0.3, 0.4) is 0 Å². The standard InChI is InChI=1S/C24H30ClN3O4S2/c1-6-27(7-2)14-15-28(24-26-21-20(32-5)13-12-19(25)22(21)33-24)23(29)17-8-10-18(11-9-17)34(30,31)16(3)4/h8-13,16H,6-7,14-15H2,1-5H3. The van der Waals surface area contributed by atoms with Crippen LogP contribution in [0.25, 0.3) is 10.2 Å². The van der Waals surface area contributed by atoms with E-state index >= 15 is 0 Å². The first-order chi connectivity index (χ1) is 16.1. The highest BCUT2D eigenvalue weighted by molar-refractivity contribution is 7.92. The van der Waals surface area contributed by atoms with Crippen LogP contribution in [-0.2, 0) is 9.84 Å². The van der Waals surface area contributed by atoms with Crippen molar-refractivity contribution in [3.05, 3.63) is 47.0 Å². The summed E-state index contributed by atoms with van der Waals surface area (Å²) in [6, 6.07) is 9.60. The zero-order chi connectivity index (χ0) is 25.0. The van der Waals surface area contributed by atoms with Gasteiger partial charge in [0.2, 0.25) is 0 Å². The van der Waals surface area contributed by atoms with Crippen molar-refractivity contribution in [1.29, 1.82) is 0 Å². The Morgan fingerprint density at radius 2 is 1.74 bits per heavy atom. The number of carbonyl (C=O) groups excluding carboxylic acids is 1. The van der Waals surface area contributed by atoms with Crippen molar-refractivity contribution in [2.45, 2.75) is 37.8 Å². The lowest BCUT2D eigenvalue weighted by Crippen LogP contribution is -2.38. The minimum absolute atomic E-state index is 0.199. The van der Waals surface area contributed by atoms with E-state index < -0.39 is 15.1 Å². The highest BCUT2D eigenvalue weighted by Crippen LogP contribution is 2.39. The third kappa shape index (κ3) is 5.38. The highest BCUT2D eigenvalue weighted by atomic mass is 35.5. The number of likely N-dealkylation sites (N-methyl/N-ethyl adjacent to an activating group) is 1. The quantitative estimate of drug-likeness (QED) is 0.366. The van der Waals surface area contributed by atoms with Gasteiger partial charge in [0.1, 0.15) is 11.3 Å². The van der Waals surface area contributed by atoms with Crippen LogP contribution in [-0.4, -0.2) is 62.7 Å². The van der Waals surface area contributed by atoms with E-state index in [4.69, 9.17) is 21.3 Å². The lowest BCUT2D eigenvalue weighted by Gasteiger charge is -2.24. The number of amides is 1. The molecular weight excluding hydrogens is 494 g/mol. The van der Waals surface area contributed by atoms with E-state index in [0.717, 1.165) is 17.8 Å². The molecule has 0 saturated carbocycles. The van der Waals surface area contributed by atoms with Gasteiger partial charge in [-0.3, -0.25) is 9.69 Å². The van der Waals surface area contributed by atoms with Crippen LogP contribution in [0.4, 0.5) is 5.13 Å². The summed E-state index contributed by atoms with van der Waals surface area (Å²) in [4.78, 5) is 22.4. The number of thiazole rings is 1. The summed E-state index contributed by atoms with van der Waals surface area (Å²) in [5, 5.41) is 0.512. The lowest BCUT2D eigenvalue weighted by molar-refractivity contribution is 0.0983. The zero-order valence-corrected chi connectivity index (χ0v) is 22.4. The molecule has 34 heavy (non-hydrogen) atoms. The number of rotatable bonds is 10. The number of carbonyl (C=O) groups is 1. The molecule has 184 valence electrons. The highest BCUT2D eigenvalue weighted by Gasteiger charge is 2.25. The molecule has 0 radical (unpaired) electrons. The van der Waals surface area contributed by atoms with E-state index in [2.05, 4.69) is 18.7 Å². The molecule has 1 heterocycles. The number of hydrogen-bond donors (Lipinski definition) is 0. The van der Waals surface area contributed by atoms with Crippen molar-refractivity contribution < 1.29 is 17.9 Å². The molecule has 0 N–H and O–H groups in total. The van der Waals surface area contributed by atoms with Crippen molar-refractivity contribution >= 4 is 54.0 Å². The third-order valence-corrected chi connectivity index (χ3v) is 9.44. The van der Waals surface area contributed by atoms with Crippen molar-refractivity contribution in [1.82, 2.24) is 9.88 Å². The Kier molecular flexibility index (Phi) is 8.57. The molecule has 0 unspecified atom stereocenters. The molecule has 0 aliphatic carbocycles. The number of fused-ring (bicyclic) bond motifs is 1. The van der Waals surface area contributed by atoms with Crippen molar-refractivity contribution in [3.8, 4) is 5.75 Å². The van der Waals surface area contributed by atoms with Crippen molar-refractivity contribution in [3.63, 3.8) is 0 Å². The fraction of sp³-hybridized carbons (Fsp3) is 0.417. The van der Waals surface area contributed by atoms with Gasteiger partial charge in [0, 0.05) is 18.7 Å². The number of ether oxygens (including phenoxy) is 1. The summed E-state index contributed by atoms with van der Waals surface area (Å²) in [7, 11) is -1.85. The second kappa shape index (κ2) is 11.0. The average molecular weight is 524 g/mol. The molecule has 1 aromatic heterocycles. The number of halogens is 1. The maximum atomic E-state index is 13.6. The van der Waals surface area contributed by atoms with Gasteiger partial charge in [-0.25, -0.2) is 13.4 Å². The zero-order valence-electron chi connectivity index (χ0n) is 20.0. The van der Waals surface area contributed by atoms with Crippen LogP contribution < -0.4 is 9.64 Å². The van der Waals surface area contributed by atoms with Crippen molar-refractivity contribution in [2.75, 3.05) is 38.2 Å². The Morgan fingerprint density at radius 1 is 1.09 bits per heavy atom. The Hall–Kier alpha value is -2.20. The molecule has 10 heteroatoms. The second-order valence-corrected chi connectivity index (χ2v) is 11.9. The van der Waals surface area contributed by atoms with E-state index in [1.165, 1.54) is 23.5 Å². The Labute approximate surface area is 210 Å². The largest absolute Gasteiger partial charge is 0.494 e. The Balaban J connectivity index is 2.02. The summed E-state index contributed by atoms with van der Waals surface area (Å²) in [5.74, 6) is 0.330. The van der Waals surface area contributed by atoms with Crippen LogP contribution >= 0.6 is 22.9 Å². The molecule has 1 amide bonds. The minimum Gasteiger partial charge on any atom is -0.494 e. The number of sulfone groups is 1. The monoisotopic (exact) mass is 523 g/mol. The number of hydrogen-bond acceptors (Lipinski definition) is 7. The maximum absolute atomic E-state index is 13.6. The molecule has 7 nitrogen and oxygen atoms in total. The molecule has 3 aromatic rings. The predicted molar refractivity (Wildman–Crippen MR) is 139 cm³/mol. The van der Waals surface area contributed by atoms with Crippen LogP contribution in [0.1, 0.15) is 38.1 Å². The number of methoxy groups -OCH3 is 1. The number of benzene rings is 2. The fourth-order valence-corrected chi connectivity index (χ4v) is 5.84. The van der Waals surface area contributed by atoms with E-state index in [-0.39, 0.29) is 10.8 Å². The SMILES string of the molecule is CCN(CC)CCN(C(=O)c1ccc(S(=O)(=O)C(C)C)cc1)c1nc2c(OC)ccc(Cl)c2s1. The second-order valence-electron chi connectivity index (χ2n) is 8.03. The molecule has 0 bridgehead atoms. The van der Waals surface area contributed by atoms with E-state index in [9.17, 15) is 13.2 Å². The third-order valence-electron chi connectivity index (χ3n) is 5.73. The maximum Gasteiger partial charge on any atom is 0.260 e. The first-order valence-corrected chi connectivity index (χ1v) is 13.9. The predicted octanol–water partition coefficient (Wildman–Crippen LogP) is 5.13. The lowest BCUT2D eigenvalue weighted by atomic mass is 10.2. The molecular formula is C24H30ClN3O4S2. The Bertz CT molecular complexity index is 1250. The van der Waals surface area contributed by atoms with Gasteiger partial charge in [0.25, 0.3) is 5.91 Å². The van der Waals surface area contributed by atoms with Crippen LogP contribution in [0.2, 0.25) is 5.02 Å². The summed E-state index contributed by atoms with van der Waals surface area (Å²) < 4.78 is 31.1. The summed E-state index contributed by atoms with van der Waals surface area (Å²) >= 11 is 7.74. The fourth-order valence-electron chi connectivity index (χ4n) is 3.50.